The third kappa shape index (κ3) is 3.39. The maximum atomic E-state index is 6.13. The third-order valence-corrected chi connectivity index (χ3v) is 5.75. The zero-order chi connectivity index (χ0) is 13.1. The molecular weight excluding hydrogens is 228 g/mol. The van der Waals surface area contributed by atoms with Crippen LogP contribution in [0.4, 0.5) is 0 Å². The number of nitrogens with two attached hydrogens (primary N) is 1. The van der Waals surface area contributed by atoms with E-state index in [0.29, 0.717) is 6.04 Å². The van der Waals surface area contributed by atoms with Crippen molar-refractivity contribution in [1.29, 1.82) is 0 Å². The van der Waals surface area contributed by atoms with Crippen molar-refractivity contribution in [1.82, 2.24) is 4.90 Å². The summed E-state index contributed by atoms with van der Waals surface area (Å²) in [6.45, 7) is 7.91. The Bertz CT molecular complexity index is 234. The summed E-state index contributed by atoms with van der Waals surface area (Å²) in [5.41, 5.74) is 6.38. The van der Waals surface area contributed by atoms with Crippen LogP contribution in [-0.4, -0.2) is 42.1 Å². The van der Waals surface area contributed by atoms with Crippen LogP contribution in [-0.2, 0) is 0 Å². The first kappa shape index (κ1) is 15.3. The summed E-state index contributed by atoms with van der Waals surface area (Å²) in [6.07, 6.45) is 6.05. The average Bonchev–Trinajstić information content (AvgIpc) is 2.32. The lowest BCUT2D eigenvalue weighted by molar-refractivity contribution is 0.0215. The number of hydrogen-bond acceptors (Lipinski definition) is 3. The normalized spacial score (nSPS) is 36.2. The van der Waals surface area contributed by atoms with Gasteiger partial charge in [-0.1, -0.05) is 13.8 Å². The highest BCUT2D eigenvalue weighted by molar-refractivity contribution is 7.98. The molecule has 0 heterocycles. The molecule has 0 bridgehead atoms. The van der Waals surface area contributed by atoms with Gasteiger partial charge in [0.15, 0.2) is 0 Å². The van der Waals surface area contributed by atoms with Gasteiger partial charge < -0.3 is 5.73 Å². The van der Waals surface area contributed by atoms with Crippen molar-refractivity contribution in [3.63, 3.8) is 0 Å². The van der Waals surface area contributed by atoms with Crippen molar-refractivity contribution in [3.05, 3.63) is 0 Å². The van der Waals surface area contributed by atoms with Gasteiger partial charge in [0.1, 0.15) is 0 Å². The molecule has 1 fully saturated rings. The molecule has 1 rings (SSSR count). The van der Waals surface area contributed by atoms with Crippen molar-refractivity contribution in [3.8, 4) is 0 Å². The number of likely N-dealkylation sites (N-methyl/N-ethyl adjacent to an activating group) is 1. The van der Waals surface area contributed by atoms with E-state index in [2.05, 4.69) is 39.0 Å². The first-order valence-electron chi connectivity index (χ1n) is 6.88. The highest BCUT2D eigenvalue weighted by atomic mass is 32.2. The predicted molar refractivity (Wildman–Crippen MR) is 79.6 cm³/mol. The molecule has 0 radical (unpaired) electrons. The van der Waals surface area contributed by atoms with Crippen LogP contribution in [0.2, 0.25) is 0 Å². The van der Waals surface area contributed by atoms with E-state index in [0.717, 1.165) is 18.4 Å². The molecule has 4 atom stereocenters. The summed E-state index contributed by atoms with van der Waals surface area (Å²) in [4.78, 5) is 2.56. The number of nitrogens with zero attached hydrogens (tertiary/aromatic N) is 1. The van der Waals surface area contributed by atoms with Crippen LogP contribution >= 0.6 is 11.8 Å². The van der Waals surface area contributed by atoms with E-state index in [1.807, 2.05) is 11.8 Å². The molecule has 4 unspecified atom stereocenters. The van der Waals surface area contributed by atoms with Gasteiger partial charge >= 0.3 is 0 Å². The lowest BCUT2D eigenvalue weighted by Gasteiger charge is -2.50. The van der Waals surface area contributed by atoms with Crippen molar-refractivity contribution in [2.24, 2.45) is 17.6 Å². The highest BCUT2D eigenvalue weighted by Crippen LogP contribution is 2.39. The Morgan fingerprint density at radius 2 is 2.06 bits per heavy atom. The standard InChI is InChI=1S/C14H30N2S/c1-11-6-7-14(10-15,8-12(11)2)16(4)13(3)9-17-5/h11-13H,6-10,15H2,1-5H3. The van der Waals surface area contributed by atoms with Crippen LogP contribution < -0.4 is 5.73 Å². The molecule has 102 valence electrons. The number of hydrogen-bond donors (Lipinski definition) is 1. The van der Waals surface area contributed by atoms with Crippen LogP contribution in [0.5, 0.6) is 0 Å². The fourth-order valence-corrected chi connectivity index (χ4v) is 3.86. The Morgan fingerprint density at radius 1 is 1.41 bits per heavy atom. The Kier molecular flexibility index (Phi) is 5.81. The van der Waals surface area contributed by atoms with Gasteiger partial charge in [0.05, 0.1) is 0 Å². The largest absolute Gasteiger partial charge is 0.329 e. The highest BCUT2D eigenvalue weighted by Gasteiger charge is 2.41. The predicted octanol–water partition coefficient (Wildman–Crippen LogP) is 2.82. The van der Waals surface area contributed by atoms with Gasteiger partial charge in [-0.25, -0.2) is 0 Å². The van der Waals surface area contributed by atoms with Crippen LogP contribution in [0.25, 0.3) is 0 Å². The van der Waals surface area contributed by atoms with Crippen LogP contribution in [0, 0.1) is 11.8 Å². The summed E-state index contributed by atoms with van der Waals surface area (Å²) < 4.78 is 0. The molecule has 0 aromatic carbocycles. The second-order valence-electron chi connectivity index (χ2n) is 6.04. The molecule has 0 amide bonds. The second-order valence-corrected chi connectivity index (χ2v) is 6.95. The van der Waals surface area contributed by atoms with Gasteiger partial charge in [0.2, 0.25) is 0 Å². The van der Waals surface area contributed by atoms with E-state index in [4.69, 9.17) is 5.73 Å². The maximum Gasteiger partial charge on any atom is 0.0334 e. The van der Waals surface area contributed by atoms with E-state index in [9.17, 15) is 0 Å². The van der Waals surface area contributed by atoms with Gasteiger partial charge in [0.25, 0.3) is 0 Å². The Labute approximate surface area is 112 Å². The van der Waals surface area contributed by atoms with Crippen molar-refractivity contribution in [2.75, 3.05) is 25.6 Å². The van der Waals surface area contributed by atoms with Crippen molar-refractivity contribution >= 4 is 11.8 Å². The Morgan fingerprint density at radius 3 is 2.53 bits per heavy atom. The minimum atomic E-state index is 0.251. The van der Waals surface area contributed by atoms with Crippen LogP contribution in [0.15, 0.2) is 0 Å². The van der Waals surface area contributed by atoms with Gasteiger partial charge in [-0.2, -0.15) is 11.8 Å². The van der Waals surface area contributed by atoms with E-state index < -0.39 is 0 Å². The summed E-state index contributed by atoms with van der Waals surface area (Å²) in [5.74, 6) is 2.86. The number of rotatable bonds is 5. The molecule has 0 aromatic rings. The van der Waals surface area contributed by atoms with Crippen molar-refractivity contribution < 1.29 is 0 Å². The van der Waals surface area contributed by atoms with Crippen LogP contribution in [0.1, 0.15) is 40.0 Å². The van der Waals surface area contributed by atoms with E-state index in [1.54, 1.807) is 0 Å². The molecule has 17 heavy (non-hydrogen) atoms. The molecule has 2 nitrogen and oxygen atoms in total. The molecule has 0 aliphatic heterocycles. The Balaban J connectivity index is 2.74. The lowest BCUT2D eigenvalue weighted by Crippen LogP contribution is -2.58. The summed E-state index contributed by atoms with van der Waals surface area (Å²) in [6, 6.07) is 0.620. The molecule has 3 heteroatoms. The molecule has 1 saturated carbocycles. The molecule has 0 saturated heterocycles. The fraction of sp³-hybridized carbons (Fsp3) is 1.00. The second kappa shape index (κ2) is 6.44. The summed E-state index contributed by atoms with van der Waals surface area (Å²) in [7, 11) is 2.27. The first-order chi connectivity index (χ1) is 7.96. The topological polar surface area (TPSA) is 29.3 Å². The Hall–Kier alpha value is 0.270. The molecule has 2 N–H and O–H groups in total. The summed E-state index contributed by atoms with van der Waals surface area (Å²) in [5, 5.41) is 0. The van der Waals surface area contributed by atoms with E-state index >= 15 is 0 Å². The SMILES string of the molecule is CSCC(C)N(C)C1(CN)CCC(C)C(C)C1. The van der Waals surface area contributed by atoms with E-state index in [1.165, 1.54) is 25.0 Å². The fourth-order valence-electron chi connectivity index (χ4n) is 3.15. The average molecular weight is 258 g/mol. The zero-order valence-corrected chi connectivity index (χ0v) is 13.0. The molecular formula is C14H30N2S. The van der Waals surface area contributed by atoms with Crippen LogP contribution in [0.3, 0.4) is 0 Å². The van der Waals surface area contributed by atoms with Gasteiger partial charge in [0, 0.05) is 23.9 Å². The quantitative estimate of drug-likeness (QED) is 0.822. The monoisotopic (exact) mass is 258 g/mol. The number of thioether (sulfide) groups is 1. The summed E-state index contributed by atoms with van der Waals surface area (Å²) >= 11 is 1.93. The first-order valence-corrected chi connectivity index (χ1v) is 8.28. The van der Waals surface area contributed by atoms with E-state index in [-0.39, 0.29) is 5.54 Å². The lowest BCUT2D eigenvalue weighted by atomic mass is 9.70. The minimum absolute atomic E-state index is 0.251. The molecule has 1 aliphatic rings. The molecule has 0 aromatic heterocycles. The molecule has 1 aliphatic carbocycles. The smallest absolute Gasteiger partial charge is 0.0334 e. The zero-order valence-electron chi connectivity index (χ0n) is 12.2. The van der Waals surface area contributed by atoms with Crippen molar-refractivity contribution in [2.45, 2.75) is 51.6 Å². The maximum absolute atomic E-state index is 6.13. The van der Waals surface area contributed by atoms with Gasteiger partial charge in [-0.15, -0.1) is 0 Å². The van der Waals surface area contributed by atoms with Gasteiger partial charge in [-0.05, 0) is 51.3 Å². The molecule has 0 spiro atoms. The minimum Gasteiger partial charge on any atom is -0.329 e. The third-order valence-electron chi connectivity index (χ3n) is 4.94. The van der Waals surface area contributed by atoms with Gasteiger partial charge in [-0.3, -0.25) is 4.90 Å².